The highest BCUT2D eigenvalue weighted by Gasteiger charge is 2.44. The highest BCUT2D eigenvalue weighted by Crippen LogP contribution is 2.61. The van der Waals surface area contributed by atoms with Gasteiger partial charge in [-0.15, -0.1) is 0 Å². The van der Waals surface area contributed by atoms with Crippen LogP contribution in [0.1, 0.15) is 16.1 Å². The van der Waals surface area contributed by atoms with Crippen LogP contribution in [0.5, 0.6) is 5.75 Å². The Labute approximate surface area is 210 Å². The molecule has 4 aromatic rings. The van der Waals surface area contributed by atoms with Gasteiger partial charge >= 0.3 is 0 Å². The molecular formula is C28H27FN4O2P+. The van der Waals surface area contributed by atoms with Crippen molar-refractivity contribution in [1.82, 2.24) is 15.3 Å². The van der Waals surface area contributed by atoms with Crippen LogP contribution in [0.3, 0.4) is 0 Å². The largest absolute Gasteiger partial charge is 0.452 e. The molecule has 3 heterocycles. The quantitative estimate of drug-likeness (QED) is 0.340. The number of carbonyl (C=O) groups is 1. The average Bonchev–Trinajstić information content (AvgIpc) is 3.25. The first-order valence-corrected chi connectivity index (χ1v) is 14.2. The Bertz CT molecular complexity index is 1470. The van der Waals surface area contributed by atoms with Gasteiger partial charge in [0.15, 0.2) is 5.75 Å². The van der Waals surface area contributed by atoms with E-state index in [0.29, 0.717) is 30.6 Å². The van der Waals surface area contributed by atoms with Crippen LogP contribution in [-0.2, 0) is 6.42 Å². The SMILES string of the molecule is C=C[P+]1(C)COc2c1cc(CCNC(=O)c1cc(NC)c3ncccc3c1)nc2-c1ccc(F)cc1. The molecule has 1 aliphatic rings. The molecule has 1 amide bonds. The first kappa shape index (κ1) is 23.9. The number of carbonyl (C=O) groups excluding carboxylic acids is 1. The summed E-state index contributed by atoms with van der Waals surface area (Å²) in [5.74, 6) is 2.27. The normalized spacial score (nSPS) is 16.3. The number of pyridine rings is 2. The van der Waals surface area contributed by atoms with E-state index in [9.17, 15) is 9.18 Å². The van der Waals surface area contributed by atoms with Gasteiger partial charge in [-0.25, -0.2) is 9.37 Å². The smallest absolute Gasteiger partial charge is 0.251 e. The predicted molar refractivity (Wildman–Crippen MR) is 145 cm³/mol. The van der Waals surface area contributed by atoms with Crippen molar-refractivity contribution in [3.8, 4) is 17.0 Å². The second kappa shape index (κ2) is 9.67. The third-order valence-electron chi connectivity index (χ3n) is 6.46. The lowest BCUT2D eigenvalue weighted by molar-refractivity contribution is 0.0954. The van der Waals surface area contributed by atoms with Crippen LogP contribution in [0.15, 0.2) is 73.2 Å². The molecule has 0 spiro atoms. The summed E-state index contributed by atoms with van der Waals surface area (Å²) < 4.78 is 19.6. The van der Waals surface area contributed by atoms with Gasteiger partial charge in [-0.2, -0.15) is 0 Å². The van der Waals surface area contributed by atoms with Crippen LogP contribution < -0.4 is 20.7 Å². The van der Waals surface area contributed by atoms with Crippen LogP contribution in [0.25, 0.3) is 22.2 Å². The van der Waals surface area contributed by atoms with Crippen LogP contribution in [0, 0.1) is 5.82 Å². The zero-order valence-corrected chi connectivity index (χ0v) is 21.1. The average molecular weight is 502 g/mol. The number of hydrogen-bond acceptors (Lipinski definition) is 5. The van der Waals surface area contributed by atoms with Crippen LogP contribution in [0.2, 0.25) is 0 Å². The summed E-state index contributed by atoms with van der Waals surface area (Å²) in [6.45, 7) is 6.64. The molecule has 0 bridgehead atoms. The summed E-state index contributed by atoms with van der Waals surface area (Å²) in [5, 5.41) is 8.13. The first-order chi connectivity index (χ1) is 17.4. The van der Waals surface area contributed by atoms with E-state index in [1.54, 1.807) is 18.3 Å². The molecule has 0 fully saturated rings. The summed E-state index contributed by atoms with van der Waals surface area (Å²) in [6, 6.07) is 15.8. The highest BCUT2D eigenvalue weighted by molar-refractivity contribution is 7.85. The molecule has 182 valence electrons. The van der Waals surface area contributed by atoms with Crippen molar-refractivity contribution in [2.75, 3.05) is 31.9 Å². The monoisotopic (exact) mass is 501 g/mol. The number of aromatic nitrogens is 2. The van der Waals surface area contributed by atoms with E-state index >= 15 is 0 Å². The molecule has 1 atom stereocenters. The maximum Gasteiger partial charge on any atom is 0.251 e. The Kier molecular flexibility index (Phi) is 6.42. The van der Waals surface area contributed by atoms with Gasteiger partial charge in [-0.3, -0.25) is 9.78 Å². The number of amides is 1. The topological polar surface area (TPSA) is 76.1 Å². The lowest BCUT2D eigenvalue weighted by atomic mass is 10.1. The van der Waals surface area contributed by atoms with E-state index in [0.717, 1.165) is 38.9 Å². The number of anilines is 1. The number of benzene rings is 2. The molecule has 0 saturated heterocycles. The molecule has 0 radical (unpaired) electrons. The standard InChI is InChI=1S/C28H26FN4O2P/c1-4-36(3)17-35-27-24(36)16-22(33-26(27)18-7-9-21(29)10-8-18)11-13-32-28(34)20-14-19-6-5-12-31-25(19)23(15-20)30-2/h4-10,12,14-16,30H,1,11,13,17H2,2-3H3/p+1. The summed E-state index contributed by atoms with van der Waals surface area (Å²) in [7, 11) is 0.133. The van der Waals surface area contributed by atoms with Crippen LogP contribution >= 0.6 is 7.26 Å². The maximum absolute atomic E-state index is 13.5. The lowest BCUT2D eigenvalue weighted by Gasteiger charge is -2.13. The van der Waals surface area contributed by atoms with Crippen molar-refractivity contribution in [2.45, 2.75) is 6.42 Å². The van der Waals surface area contributed by atoms with Gasteiger partial charge in [0.1, 0.15) is 24.1 Å². The Balaban J connectivity index is 1.39. The van der Waals surface area contributed by atoms with Crippen LogP contribution in [-0.4, -0.2) is 42.5 Å². The van der Waals surface area contributed by atoms with Crippen molar-refractivity contribution in [2.24, 2.45) is 0 Å². The van der Waals surface area contributed by atoms with Gasteiger partial charge in [0.2, 0.25) is 6.35 Å². The minimum Gasteiger partial charge on any atom is -0.452 e. The van der Waals surface area contributed by atoms with Gasteiger partial charge in [0.25, 0.3) is 5.91 Å². The second-order valence-corrected chi connectivity index (χ2v) is 12.5. The summed E-state index contributed by atoms with van der Waals surface area (Å²) in [5.41, 5.74) is 4.51. The number of rotatable bonds is 7. The molecule has 8 heteroatoms. The fourth-order valence-electron chi connectivity index (χ4n) is 4.36. The third kappa shape index (κ3) is 4.42. The van der Waals surface area contributed by atoms with Crippen molar-refractivity contribution in [3.63, 3.8) is 0 Å². The fourth-order valence-corrected chi connectivity index (χ4v) is 6.28. The molecule has 0 saturated carbocycles. The zero-order valence-electron chi connectivity index (χ0n) is 20.2. The van der Waals surface area contributed by atoms with E-state index in [1.165, 1.54) is 12.1 Å². The maximum atomic E-state index is 13.5. The van der Waals surface area contributed by atoms with Crippen molar-refractivity contribution < 1.29 is 13.9 Å². The Morgan fingerprint density at radius 3 is 2.78 bits per heavy atom. The Morgan fingerprint density at radius 1 is 1.22 bits per heavy atom. The van der Waals surface area contributed by atoms with Gasteiger partial charge in [-0.05, 0) is 42.5 Å². The third-order valence-corrected chi connectivity index (χ3v) is 9.36. The minimum atomic E-state index is -1.68. The van der Waals surface area contributed by atoms with E-state index < -0.39 is 7.26 Å². The molecule has 1 unspecified atom stereocenters. The molecule has 0 aliphatic carbocycles. The molecule has 36 heavy (non-hydrogen) atoms. The fraction of sp³-hybridized carbons (Fsp3) is 0.179. The number of nitrogens with one attached hydrogen (secondary N) is 2. The van der Waals surface area contributed by atoms with Crippen LogP contribution in [0.4, 0.5) is 10.1 Å². The zero-order chi connectivity index (χ0) is 25.3. The first-order valence-electron chi connectivity index (χ1n) is 11.7. The summed E-state index contributed by atoms with van der Waals surface area (Å²) in [4.78, 5) is 22.2. The molecule has 2 aromatic heterocycles. The molecule has 2 N–H and O–H groups in total. The van der Waals surface area contributed by atoms with Crippen molar-refractivity contribution >= 4 is 35.1 Å². The summed E-state index contributed by atoms with van der Waals surface area (Å²) >= 11 is 0. The molecule has 2 aromatic carbocycles. The highest BCUT2D eigenvalue weighted by atomic mass is 31.2. The second-order valence-electron chi connectivity index (χ2n) is 8.90. The van der Waals surface area contributed by atoms with Gasteiger partial charge < -0.3 is 15.4 Å². The van der Waals surface area contributed by atoms with Crippen molar-refractivity contribution in [3.05, 3.63) is 90.3 Å². The van der Waals surface area contributed by atoms with E-state index in [2.05, 4.69) is 34.9 Å². The number of nitrogens with zero attached hydrogens (tertiary/aromatic N) is 2. The van der Waals surface area contributed by atoms with E-state index in [1.807, 2.05) is 37.1 Å². The van der Waals surface area contributed by atoms with Gasteiger partial charge in [0.05, 0.1) is 23.7 Å². The van der Waals surface area contributed by atoms with E-state index in [-0.39, 0.29) is 11.7 Å². The van der Waals surface area contributed by atoms with Gasteiger partial charge in [-0.1, -0.05) is 12.6 Å². The number of hydrogen-bond donors (Lipinski definition) is 2. The minimum absolute atomic E-state index is 0.163. The van der Waals surface area contributed by atoms with E-state index in [4.69, 9.17) is 9.72 Å². The Hall–Kier alpha value is -3.83. The molecule has 5 rings (SSSR count). The number of ether oxygens (including phenoxy) is 1. The predicted octanol–water partition coefficient (Wildman–Crippen LogP) is 5.22. The molecular weight excluding hydrogens is 474 g/mol. The number of fused-ring (bicyclic) bond motifs is 2. The summed E-state index contributed by atoms with van der Waals surface area (Å²) in [6.07, 6.45) is 2.85. The van der Waals surface area contributed by atoms with Gasteiger partial charge in [0, 0.05) is 54.5 Å². The lowest BCUT2D eigenvalue weighted by Crippen LogP contribution is -2.26. The van der Waals surface area contributed by atoms with Crippen molar-refractivity contribution in [1.29, 1.82) is 0 Å². The number of halogens is 1. The molecule has 1 aliphatic heterocycles. The molecule has 6 nitrogen and oxygen atoms in total. The Morgan fingerprint density at radius 2 is 2.03 bits per heavy atom.